The van der Waals surface area contributed by atoms with Gasteiger partial charge in [-0.1, -0.05) is 12.1 Å². The highest BCUT2D eigenvalue weighted by molar-refractivity contribution is 5.93. The number of carbonyl (C=O) groups is 1. The lowest BCUT2D eigenvalue weighted by molar-refractivity contribution is 0.0938. The molecule has 19 heavy (non-hydrogen) atoms. The van der Waals surface area contributed by atoms with Crippen LogP contribution in [0.2, 0.25) is 0 Å². The van der Waals surface area contributed by atoms with Crippen LogP contribution in [0.5, 0.6) is 5.75 Å². The van der Waals surface area contributed by atoms with Crippen molar-refractivity contribution in [2.45, 2.75) is 25.8 Å². The van der Waals surface area contributed by atoms with Gasteiger partial charge in [-0.2, -0.15) is 5.10 Å². The van der Waals surface area contributed by atoms with E-state index in [1.807, 2.05) is 19.1 Å². The van der Waals surface area contributed by atoms with Crippen LogP contribution in [0.1, 0.15) is 29.3 Å². The molecule has 1 aromatic heterocycles. The molecule has 0 fully saturated rings. The Morgan fingerprint density at radius 2 is 2.16 bits per heavy atom. The van der Waals surface area contributed by atoms with Crippen molar-refractivity contribution in [3.8, 4) is 5.75 Å². The minimum Gasteiger partial charge on any atom is -0.508 e. The fourth-order valence-corrected chi connectivity index (χ4v) is 1.80. The van der Waals surface area contributed by atoms with Crippen molar-refractivity contribution < 1.29 is 9.90 Å². The first kappa shape index (κ1) is 13.1. The smallest absolute Gasteiger partial charge is 0.254 e. The molecule has 1 atom stereocenters. The van der Waals surface area contributed by atoms with E-state index in [0.717, 1.165) is 18.4 Å². The second-order valence-corrected chi connectivity index (χ2v) is 4.57. The zero-order valence-electron chi connectivity index (χ0n) is 10.8. The van der Waals surface area contributed by atoms with Crippen LogP contribution in [0.25, 0.3) is 0 Å². The third kappa shape index (κ3) is 3.84. The van der Waals surface area contributed by atoms with E-state index in [1.165, 1.54) is 6.20 Å². The summed E-state index contributed by atoms with van der Waals surface area (Å²) in [6, 6.07) is 7.20. The number of phenols is 1. The Morgan fingerprint density at radius 3 is 2.79 bits per heavy atom. The maximum absolute atomic E-state index is 11.8. The number of rotatable bonds is 5. The maximum atomic E-state index is 11.8. The third-order valence-electron chi connectivity index (χ3n) is 2.94. The summed E-state index contributed by atoms with van der Waals surface area (Å²) in [7, 11) is 0. The highest BCUT2D eigenvalue weighted by Crippen LogP contribution is 2.12. The second-order valence-electron chi connectivity index (χ2n) is 4.57. The predicted molar refractivity (Wildman–Crippen MR) is 71.9 cm³/mol. The van der Waals surface area contributed by atoms with Crippen molar-refractivity contribution in [2.75, 3.05) is 0 Å². The van der Waals surface area contributed by atoms with Gasteiger partial charge in [0.1, 0.15) is 5.75 Å². The molecule has 1 unspecified atom stereocenters. The van der Waals surface area contributed by atoms with Crippen molar-refractivity contribution >= 4 is 5.91 Å². The van der Waals surface area contributed by atoms with E-state index in [4.69, 9.17) is 0 Å². The molecule has 0 radical (unpaired) electrons. The van der Waals surface area contributed by atoms with Crippen LogP contribution in [0.3, 0.4) is 0 Å². The van der Waals surface area contributed by atoms with Crippen LogP contribution in [0.4, 0.5) is 0 Å². The van der Waals surface area contributed by atoms with E-state index in [2.05, 4.69) is 15.5 Å². The topological polar surface area (TPSA) is 78.0 Å². The Balaban J connectivity index is 1.80. The highest BCUT2D eigenvalue weighted by Gasteiger charge is 2.10. The molecule has 0 saturated heterocycles. The van der Waals surface area contributed by atoms with E-state index >= 15 is 0 Å². The van der Waals surface area contributed by atoms with Crippen LogP contribution in [0.15, 0.2) is 36.7 Å². The summed E-state index contributed by atoms with van der Waals surface area (Å²) in [5.74, 6) is 0.150. The van der Waals surface area contributed by atoms with Gasteiger partial charge in [-0.05, 0) is 37.5 Å². The average Bonchev–Trinajstić information content (AvgIpc) is 2.92. The Morgan fingerprint density at radius 1 is 1.42 bits per heavy atom. The Bertz CT molecular complexity index is 520. The molecule has 2 rings (SSSR count). The summed E-state index contributed by atoms with van der Waals surface area (Å²) in [5.41, 5.74) is 1.68. The number of aryl methyl sites for hydroxylation is 1. The standard InChI is InChI=1S/C14H17N3O2/c1-10(17-14(19)12-8-15-16-9-12)2-3-11-4-6-13(18)7-5-11/h4-10,18H,2-3H2,1H3,(H,15,16)(H,17,19). The summed E-state index contributed by atoms with van der Waals surface area (Å²) >= 11 is 0. The fraction of sp³-hybridized carbons (Fsp3) is 0.286. The van der Waals surface area contributed by atoms with E-state index in [-0.39, 0.29) is 17.7 Å². The third-order valence-corrected chi connectivity index (χ3v) is 2.94. The van der Waals surface area contributed by atoms with Crippen molar-refractivity contribution in [3.05, 3.63) is 47.8 Å². The summed E-state index contributed by atoms with van der Waals surface area (Å²) in [5, 5.41) is 18.5. The number of aromatic nitrogens is 2. The van der Waals surface area contributed by atoms with Crippen LogP contribution >= 0.6 is 0 Å². The van der Waals surface area contributed by atoms with Crippen molar-refractivity contribution in [1.82, 2.24) is 15.5 Å². The number of phenolic OH excluding ortho intramolecular Hbond substituents is 1. The molecule has 100 valence electrons. The number of hydrogen-bond acceptors (Lipinski definition) is 3. The van der Waals surface area contributed by atoms with Gasteiger partial charge in [0.2, 0.25) is 0 Å². The van der Waals surface area contributed by atoms with Crippen LogP contribution in [-0.2, 0) is 6.42 Å². The van der Waals surface area contributed by atoms with Crippen molar-refractivity contribution in [2.24, 2.45) is 0 Å². The minimum atomic E-state index is -0.119. The molecule has 0 saturated carbocycles. The number of amides is 1. The van der Waals surface area contributed by atoms with Gasteiger partial charge >= 0.3 is 0 Å². The second kappa shape index (κ2) is 6.04. The maximum Gasteiger partial charge on any atom is 0.254 e. The monoisotopic (exact) mass is 259 g/mol. The number of benzene rings is 1. The van der Waals surface area contributed by atoms with Gasteiger partial charge in [0.05, 0.1) is 11.8 Å². The molecular formula is C14H17N3O2. The molecule has 0 spiro atoms. The molecular weight excluding hydrogens is 242 g/mol. The number of carbonyl (C=O) groups excluding carboxylic acids is 1. The lowest BCUT2D eigenvalue weighted by atomic mass is 10.1. The number of H-pyrrole nitrogens is 1. The largest absolute Gasteiger partial charge is 0.508 e. The van der Waals surface area contributed by atoms with Crippen molar-refractivity contribution in [3.63, 3.8) is 0 Å². The zero-order chi connectivity index (χ0) is 13.7. The van der Waals surface area contributed by atoms with Gasteiger partial charge < -0.3 is 10.4 Å². The quantitative estimate of drug-likeness (QED) is 0.767. The Kier molecular flexibility index (Phi) is 4.18. The summed E-state index contributed by atoms with van der Waals surface area (Å²) in [4.78, 5) is 11.8. The lowest BCUT2D eigenvalue weighted by Gasteiger charge is -2.13. The van der Waals surface area contributed by atoms with Gasteiger partial charge in [-0.3, -0.25) is 9.89 Å². The Hall–Kier alpha value is -2.30. The van der Waals surface area contributed by atoms with E-state index in [9.17, 15) is 9.90 Å². The number of hydrogen-bond donors (Lipinski definition) is 3. The number of aromatic hydroxyl groups is 1. The first-order valence-electron chi connectivity index (χ1n) is 6.22. The molecule has 2 aromatic rings. The minimum absolute atomic E-state index is 0.0798. The summed E-state index contributed by atoms with van der Waals surface area (Å²) in [6.45, 7) is 1.97. The highest BCUT2D eigenvalue weighted by atomic mass is 16.3. The fourth-order valence-electron chi connectivity index (χ4n) is 1.80. The number of aromatic amines is 1. The molecule has 1 amide bonds. The molecule has 0 aliphatic heterocycles. The van der Waals surface area contributed by atoms with Gasteiger partial charge in [-0.25, -0.2) is 0 Å². The summed E-state index contributed by atoms with van der Waals surface area (Å²) < 4.78 is 0. The van der Waals surface area contributed by atoms with Crippen molar-refractivity contribution in [1.29, 1.82) is 0 Å². The van der Waals surface area contributed by atoms with Gasteiger partial charge in [0, 0.05) is 12.2 Å². The SMILES string of the molecule is CC(CCc1ccc(O)cc1)NC(=O)c1cn[nH]c1. The van der Waals surface area contributed by atoms with Crippen LogP contribution in [0, 0.1) is 0 Å². The summed E-state index contributed by atoms with van der Waals surface area (Å²) in [6.07, 6.45) is 4.77. The molecule has 1 heterocycles. The predicted octanol–water partition coefficient (Wildman–Crippen LogP) is 1.87. The first-order chi connectivity index (χ1) is 9.15. The van der Waals surface area contributed by atoms with E-state index in [0.29, 0.717) is 5.56 Å². The van der Waals surface area contributed by atoms with E-state index in [1.54, 1.807) is 18.3 Å². The van der Waals surface area contributed by atoms with Crippen LogP contribution in [-0.4, -0.2) is 27.3 Å². The first-order valence-corrected chi connectivity index (χ1v) is 6.22. The molecule has 0 aliphatic rings. The van der Waals surface area contributed by atoms with Gasteiger partial charge in [-0.15, -0.1) is 0 Å². The average molecular weight is 259 g/mol. The lowest BCUT2D eigenvalue weighted by Crippen LogP contribution is -2.32. The van der Waals surface area contributed by atoms with Crippen LogP contribution < -0.4 is 5.32 Å². The molecule has 0 bridgehead atoms. The molecule has 5 nitrogen and oxygen atoms in total. The Labute approximate surface area is 111 Å². The molecule has 1 aromatic carbocycles. The molecule has 3 N–H and O–H groups in total. The normalized spacial score (nSPS) is 12.1. The number of nitrogens with zero attached hydrogens (tertiary/aromatic N) is 1. The van der Waals surface area contributed by atoms with Gasteiger partial charge in [0.25, 0.3) is 5.91 Å². The molecule has 5 heteroatoms. The molecule has 0 aliphatic carbocycles. The van der Waals surface area contributed by atoms with E-state index < -0.39 is 0 Å². The zero-order valence-corrected chi connectivity index (χ0v) is 10.8. The number of nitrogens with one attached hydrogen (secondary N) is 2. The van der Waals surface area contributed by atoms with Gasteiger partial charge in [0.15, 0.2) is 0 Å².